The summed E-state index contributed by atoms with van der Waals surface area (Å²) < 4.78 is 5.07. The monoisotopic (exact) mass is 281 g/mol. The molecule has 8 heteroatoms. The Morgan fingerprint density at radius 1 is 1.53 bits per heavy atom. The fourth-order valence-electron chi connectivity index (χ4n) is 1.26. The van der Waals surface area contributed by atoms with Crippen molar-refractivity contribution in [3.63, 3.8) is 0 Å². The molecule has 0 bridgehead atoms. The third-order valence-electron chi connectivity index (χ3n) is 2.27. The Bertz CT molecular complexity index is 544. The largest absolute Gasteiger partial charge is 0.338 e. The lowest BCUT2D eigenvalue weighted by Crippen LogP contribution is -2.14. The van der Waals surface area contributed by atoms with Gasteiger partial charge in [0.1, 0.15) is 6.33 Å². The van der Waals surface area contributed by atoms with Crippen LogP contribution >= 0.6 is 11.8 Å². The second-order valence-corrected chi connectivity index (χ2v) is 5.92. The summed E-state index contributed by atoms with van der Waals surface area (Å²) in [5, 5.41) is 13.5. The second kappa shape index (κ2) is 5.43. The fraction of sp³-hybridized carbons (Fsp3) is 0.455. The average molecular weight is 281 g/mol. The van der Waals surface area contributed by atoms with Gasteiger partial charge in [-0.25, -0.2) is 4.98 Å². The van der Waals surface area contributed by atoms with Gasteiger partial charge in [-0.3, -0.25) is 15.2 Å². The number of amides is 1. The van der Waals surface area contributed by atoms with Crippen LogP contribution < -0.4 is 5.32 Å². The summed E-state index contributed by atoms with van der Waals surface area (Å²) in [5.74, 6) is 0.395. The number of H-pyrrole nitrogens is 1. The minimum Gasteiger partial charge on any atom is -0.338 e. The molecule has 2 aromatic rings. The molecule has 102 valence electrons. The van der Waals surface area contributed by atoms with Gasteiger partial charge in [0.05, 0.1) is 11.4 Å². The first-order valence-electron chi connectivity index (χ1n) is 5.70. The van der Waals surface area contributed by atoms with Crippen LogP contribution in [0.5, 0.6) is 0 Å². The molecule has 0 radical (unpaired) electrons. The number of aromatic nitrogens is 4. The normalized spacial score (nSPS) is 11.5. The van der Waals surface area contributed by atoms with Crippen LogP contribution in [0.15, 0.2) is 22.1 Å². The molecule has 0 atom stereocenters. The van der Waals surface area contributed by atoms with E-state index < -0.39 is 0 Å². The number of carbonyl (C=O) groups excluding carboxylic acids is 1. The molecule has 0 spiro atoms. The highest BCUT2D eigenvalue weighted by Crippen LogP contribution is 2.23. The minimum atomic E-state index is -0.182. The van der Waals surface area contributed by atoms with Gasteiger partial charge in [-0.15, -0.1) is 0 Å². The van der Waals surface area contributed by atoms with Crippen LogP contribution in [0.2, 0.25) is 0 Å². The number of rotatable bonds is 4. The summed E-state index contributed by atoms with van der Waals surface area (Å²) in [6, 6.07) is 1.73. The quantitative estimate of drug-likeness (QED) is 0.830. The third-order valence-corrected chi connectivity index (χ3v) is 3.15. The van der Waals surface area contributed by atoms with E-state index >= 15 is 0 Å². The molecule has 0 unspecified atom stereocenters. The van der Waals surface area contributed by atoms with E-state index in [4.69, 9.17) is 4.52 Å². The van der Waals surface area contributed by atoms with Gasteiger partial charge < -0.3 is 4.52 Å². The predicted octanol–water partition coefficient (Wildman–Crippen LogP) is 1.82. The van der Waals surface area contributed by atoms with Gasteiger partial charge >= 0.3 is 0 Å². The van der Waals surface area contributed by atoms with E-state index in [1.54, 1.807) is 6.07 Å². The highest BCUT2D eigenvalue weighted by molar-refractivity contribution is 7.99. The molecular weight excluding hydrogens is 266 g/mol. The Labute approximate surface area is 114 Å². The van der Waals surface area contributed by atoms with Gasteiger partial charge in [-0.05, 0) is 0 Å². The van der Waals surface area contributed by atoms with Crippen LogP contribution in [0.3, 0.4) is 0 Å². The number of nitrogens with zero attached hydrogens (tertiary/aromatic N) is 3. The highest BCUT2D eigenvalue weighted by Gasteiger charge is 2.19. The topological polar surface area (TPSA) is 96.7 Å². The Hall–Kier alpha value is -1.83. The summed E-state index contributed by atoms with van der Waals surface area (Å²) in [7, 11) is 0. The van der Waals surface area contributed by atoms with Gasteiger partial charge in [0.2, 0.25) is 11.8 Å². The number of thioether (sulfide) groups is 1. The molecule has 2 rings (SSSR count). The van der Waals surface area contributed by atoms with Crippen molar-refractivity contribution in [3.8, 4) is 0 Å². The van der Waals surface area contributed by atoms with E-state index in [0.29, 0.717) is 11.0 Å². The highest BCUT2D eigenvalue weighted by atomic mass is 32.2. The molecular formula is C11H15N5O2S. The third kappa shape index (κ3) is 3.82. The van der Waals surface area contributed by atoms with Gasteiger partial charge in [-0.1, -0.05) is 37.7 Å². The molecule has 0 aliphatic carbocycles. The zero-order valence-corrected chi connectivity index (χ0v) is 11.7. The lowest BCUT2D eigenvalue weighted by atomic mass is 9.92. The zero-order valence-electron chi connectivity index (χ0n) is 10.9. The number of hydrogen-bond donors (Lipinski definition) is 2. The first-order valence-corrected chi connectivity index (χ1v) is 6.69. The zero-order chi connectivity index (χ0) is 13.9. The van der Waals surface area contributed by atoms with E-state index in [-0.39, 0.29) is 17.1 Å². The van der Waals surface area contributed by atoms with E-state index in [1.165, 1.54) is 18.1 Å². The van der Waals surface area contributed by atoms with Crippen molar-refractivity contribution in [1.29, 1.82) is 0 Å². The van der Waals surface area contributed by atoms with Crippen molar-refractivity contribution >= 4 is 23.6 Å². The van der Waals surface area contributed by atoms with Crippen LogP contribution in [0.25, 0.3) is 0 Å². The Morgan fingerprint density at radius 2 is 2.32 bits per heavy atom. The van der Waals surface area contributed by atoms with Crippen molar-refractivity contribution in [2.75, 3.05) is 11.1 Å². The van der Waals surface area contributed by atoms with Gasteiger partial charge in [-0.2, -0.15) is 5.10 Å². The molecule has 2 heterocycles. The van der Waals surface area contributed by atoms with E-state index in [1.807, 2.05) is 20.8 Å². The van der Waals surface area contributed by atoms with E-state index in [0.717, 1.165) is 5.69 Å². The second-order valence-electron chi connectivity index (χ2n) is 4.95. The molecule has 7 nitrogen and oxygen atoms in total. The number of carbonyl (C=O) groups is 1. The lowest BCUT2D eigenvalue weighted by molar-refractivity contribution is -0.113. The summed E-state index contributed by atoms with van der Waals surface area (Å²) in [6.45, 7) is 6.07. The molecule has 2 N–H and O–H groups in total. The standard InChI is InChI=1S/C11H15N5O2S/c1-11(2,3)7-4-9(18-16-7)14-8(17)5-19-10-12-6-13-15-10/h4,6H,5H2,1-3H3,(H,14,17)(H,12,13,15). The van der Waals surface area contributed by atoms with Crippen molar-refractivity contribution < 1.29 is 9.32 Å². The van der Waals surface area contributed by atoms with Gasteiger partial charge in [0.15, 0.2) is 5.16 Å². The lowest BCUT2D eigenvalue weighted by Gasteiger charge is -2.12. The van der Waals surface area contributed by atoms with Crippen LogP contribution in [0, 0.1) is 0 Å². The molecule has 0 saturated heterocycles. The molecule has 19 heavy (non-hydrogen) atoms. The van der Waals surface area contributed by atoms with Crippen molar-refractivity contribution in [2.45, 2.75) is 31.3 Å². The molecule has 1 amide bonds. The Morgan fingerprint density at radius 3 is 2.89 bits per heavy atom. The average Bonchev–Trinajstić information content (AvgIpc) is 2.95. The van der Waals surface area contributed by atoms with Gasteiger partial charge in [0.25, 0.3) is 0 Å². The molecule has 0 aromatic carbocycles. The summed E-state index contributed by atoms with van der Waals surface area (Å²) in [4.78, 5) is 15.6. The van der Waals surface area contributed by atoms with Crippen LogP contribution in [0.4, 0.5) is 5.88 Å². The maximum absolute atomic E-state index is 11.7. The summed E-state index contributed by atoms with van der Waals surface area (Å²) in [5.41, 5.74) is 0.687. The first-order chi connectivity index (χ1) is 8.95. The van der Waals surface area contributed by atoms with Crippen molar-refractivity contribution in [3.05, 3.63) is 18.1 Å². The van der Waals surface area contributed by atoms with E-state index in [2.05, 4.69) is 25.7 Å². The number of aromatic amines is 1. The Kier molecular flexibility index (Phi) is 3.89. The minimum absolute atomic E-state index is 0.110. The number of nitrogens with one attached hydrogen (secondary N) is 2. The molecule has 0 aliphatic rings. The molecule has 0 fully saturated rings. The molecule has 2 aromatic heterocycles. The maximum Gasteiger partial charge on any atom is 0.237 e. The van der Waals surface area contributed by atoms with Crippen LogP contribution in [-0.2, 0) is 10.2 Å². The van der Waals surface area contributed by atoms with Crippen molar-refractivity contribution in [1.82, 2.24) is 20.3 Å². The molecule has 0 aliphatic heterocycles. The maximum atomic E-state index is 11.7. The summed E-state index contributed by atoms with van der Waals surface area (Å²) in [6.07, 6.45) is 1.40. The predicted molar refractivity (Wildman–Crippen MR) is 70.9 cm³/mol. The van der Waals surface area contributed by atoms with E-state index in [9.17, 15) is 4.79 Å². The number of hydrogen-bond acceptors (Lipinski definition) is 6. The van der Waals surface area contributed by atoms with Gasteiger partial charge in [0, 0.05) is 11.5 Å². The Balaban J connectivity index is 1.87. The summed E-state index contributed by atoms with van der Waals surface area (Å²) >= 11 is 1.26. The number of anilines is 1. The smallest absolute Gasteiger partial charge is 0.237 e. The van der Waals surface area contributed by atoms with Crippen molar-refractivity contribution in [2.24, 2.45) is 0 Å². The fourth-order valence-corrected chi connectivity index (χ4v) is 1.84. The molecule has 0 saturated carbocycles. The first kappa shape index (κ1) is 13.6. The van der Waals surface area contributed by atoms with Crippen LogP contribution in [-0.4, -0.2) is 32.0 Å². The SMILES string of the molecule is CC(C)(C)c1cc(NC(=O)CSc2ncn[nH]2)on1. The van der Waals surface area contributed by atoms with Crippen LogP contribution in [0.1, 0.15) is 26.5 Å².